The zero-order valence-corrected chi connectivity index (χ0v) is 16.6. The Morgan fingerprint density at radius 2 is 1.96 bits per heavy atom. The van der Waals surface area contributed by atoms with Crippen molar-refractivity contribution in [1.29, 1.82) is 0 Å². The highest BCUT2D eigenvalue weighted by Gasteiger charge is 2.33. The molecule has 3 rings (SSSR count). The fraction of sp³-hybridized carbons (Fsp3) is 0.727. The lowest BCUT2D eigenvalue weighted by Crippen LogP contribution is -2.29. The summed E-state index contributed by atoms with van der Waals surface area (Å²) in [7, 11) is 0. The van der Waals surface area contributed by atoms with Crippen LogP contribution in [0.5, 0.6) is 5.75 Å². The minimum Gasteiger partial charge on any atom is -0.490 e. The van der Waals surface area contributed by atoms with Crippen molar-refractivity contribution in [3.05, 3.63) is 29.8 Å². The molecule has 4 nitrogen and oxygen atoms in total. The van der Waals surface area contributed by atoms with Gasteiger partial charge in [0.05, 0.1) is 6.61 Å². The Morgan fingerprint density at radius 1 is 1.19 bits per heavy atom. The van der Waals surface area contributed by atoms with Gasteiger partial charge in [-0.1, -0.05) is 50.3 Å². The number of nitrogens with one attached hydrogen (secondary N) is 1. The lowest BCUT2D eigenvalue weighted by Gasteiger charge is -2.25. The summed E-state index contributed by atoms with van der Waals surface area (Å²) in [6, 6.07) is 8.84. The third-order valence-corrected chi connectivity index (χ3v) is 5.52. The van der Waals surface area contributed by atoms with Crippen LogP contribution in [0.15, 0.2) is 24.3 Å². The first-order valence-corrected chi connectivity index (χ1v) is 10.3. The maximum atomic E-state index is 6.05. The molecule has 0 bridgehead atoms. The largest absolute Gasteiger partial charge is 0.490 e. The number of benzene rings is 1. The molecule has 26 heavy (non-hydrogen) atoms. The summed E-state index contributed by atoms with van der Waals surface area (Å²) in [5.74, 6) is 1.35. The summed E-state index contributed by atoms with van der Waals surface area (Å²) >= 11 is 0. The topological polar surface area (TPSA) is 39.7 Å². The summed E-state index contributed by atoms with van der Waals surface area (Å²) in [6.45, 7) is 8.16. The zero-order chi connectivity index (χ0) is 18.4. The SMILES string of the molecule is CC(CC1CCCCC1)NCc1ccccc1OCC1COC(C)(C)O1. The minimum atomic E-state index is -0.496. The highest BCUT2D eigenvalue weighted by molar-refractivity contribution is 5.33. The Kier molecular flexibility index (Phi) is 6.96. The van der Waals surface area contributed by atoms with Crippen LogP contribution in [0.4, 0.5) is 0 Å². The predicted molar refractivity (Wildman–Crippen MR) is 104 cm³/mol. The van der Waals surface area contributed by atoms with Crippen LogP contribution in [0.25, 0.3) is 0 Å². The smallest absolute Gasteiger partial charge is 0.163 e. The van der Waals surface area contributed by atoms with Crippen LogP contribution >= 0.6 is 0 Å². The fourth-order valence-corrected chi connectivity index (χ4v) is 4.11. The highest BCUT2D eigenvalue weighted by atomic mass is 16.7. The van der Waals surface area contributed by atoms with E-state index in [1.165, 1.54) is 44.1 Å². The van der Waals surface area contributed by atoms with Gasteiger partial charge in [-0.05, 0) is 39.2 Å². The number of hydrogen-bond donors (Lipinski definition) is 1. The predicted octanol–water partition coefficient (Wildman–Crippen LogP) is 4.67. The summed E-state index contributed by atoms with van der Waals surface area (Å²) in [4.78, 5) is 0. The normalized spacial score (nSPS) is 24.5. The Hall–Kier alpha value is -1.10. The first kappa shape index (κ1) is 19.7. The van der Waals surface area contributed by atoms with Crippen molar-refractivity contribution in [3.63, 3.8) is 0 Å². The molecule has 1 saturated carbocycles. The standard InChI is InChI=1S/C22H35NO3/c1-17(13-18-9-5-4-6-10-18)23-14-19-11-7-8-12-21(19)24-15-20-16-25-22(2,3)26-20/h7-8,11-12,17-18,20,23H,4-6,9-10,13-16H2,1-3H3. The molecule has 2 fully saturated rings. The van der Waals surface area contributed by atoms with Crippen molar-refractivity contribution < 1.29 is 14.2 Å². The molecule has 2 atom stereocenters. The van der Waals surface area contributed by atoms with Gasteiger partial charge in [-0.25, -0.2) is 0 Å². The minimum absolute atomic E-state index is 0.00348. The lowest BCUT2D eigenvalue weighted by molar-refractivity contribution is -0.141. The van der Waals surface area contributed by atoms with E-state index in [1.807, 2.05) is 26.0 Å². The van der Waals surface area contributed by atoms with Crippen molar-refractivity contribution in [2.75, 3.05) is 13.2 Å². The third kappa shape index (κ3) is 5.97. The van der Waals surface area contributed by atoms with E-state index in [9.17, 15) is 0 Å². The molecule has 1 saturated heterocycles. The van der Waals surface area contributed by atoms with E-state index < -0.39 is 5.79 Å². The lowest BCUT2D eigenvalue weighted by atomic mass is 9.85. The zero-order valence-electron chi connectivity index (χ0n) is 16.6. The summed E-state index contributed by atoms with van der Waals surface area (Å²) < 4.78 is 17.5. The van der Waals surface area contributed by atoms with E-state index >= 15 is 0 Å². The molecule has 1 aromatic rings. The van der Waals surface area contributed by atoms with Crippen molar-refractivity contribution in [2.45, 2.75) is 83.8 Å². The second-order valence-corrected chi connectivity index (χ2v) is 8.39. The number of hydrogen-bond acceptors (Lipinski definition) is 4. The average molecular weight is 362 g/mol. The second-order valence-electron chi connectivity index (χ2n) is 8.39. The van der Waals surface area contributed by atoms with Crippen molar-refractivity contribution >= 4 is 0 Å². The second kappa shape index (κ2) is 9.20. The molecule has 0 amide bonds. The molecule has 2 aliphatic rings. The van der Waals surface area contributed by atoms with Gasteiger partial charge >= 0.3 is 0 Å². The average Bonchev–Trinajstić information content (AvgIpc) is 2.98. The molecular weight excluding hydrogens is 326 g/mol. The Balaban J connectivity index is 1.46. The van der Waals surface area contributed by atoms with Crippen molar-refractivity contribution in [1.82, 2.24) is 5.32 Å². The van der Waals surface area contributed by atoms with E-state index in [-0.39, 0.29) is 6.10 Å². The molecule has 0 aromatic heterocycles. The van der Waals surface area contributed by atoms with E-state index in [1.54, 1.807) is 0 Å². The van der Waals surface area contributed by atoms with Gasteiger partial charge < -0.3 is 19.5 Å². The molecule has 0 radical (unpaired) electrons. The van der Waals surface area contributed by atoms with Crippen LogP contribution in [0.1, 0.15) is 64.9 Å². The maximum absolute atomic E-state index is 6.05. The quantitative estimate of drug-likeness (QED) is 0.731. The van der Waals surface area contributed by atoms with Gasteiger partial charge in [0.2, 0.25) is 0 Å². The molecule has 1 N–H and O–H groups in total. The highest BCUT2D eigenvalue weighted by Crippen LogP contribution is 2.28. The van der Waals surface area contributed by atoms with E-state index in [0.717, 1.165) is 18.2 Å². The first-order valence-electron chi connectivity index (χ1n) is 10.3. The molecule has 146 valence electrons. The number of rotatable bonds is 8. The molecule has 4 heteroatoms. The molecule has 1 aliphatic carbocycles. The van der Waals surface area contributed by atoms with Crippen LogP contribution in [0, 0.1) is 5.92 Å². The molecule has 0 spiro atoms. The number of para-hydroxylation sites is 1. The van der Waals surface area contributed by atoms with Crippen LogP contribution in [-0.4, -0.2) is 31.1 Å². The molecule has 1 aliphatic heterocycles. The van der Waals surface area contributed by atoms with Gasteiger partial charge in [-0.15, -0.1) is 0 Å². The maximum Gasteiger partial charge on any atom is 0.163 e. The van der Waals surface area contributed by atoms with Gasteiger partial charge in [0.25, 0.3) is 0 Å². The van der Waals surface area contributed by atoms with E-state index in [4.69, 9.17) is 14.2 Å². The Bertz CT molecular complexity index is 554. The monoisotopic (exact) mass is 361 g/mol. The molecule has 1 aromatic carbocycles. The van der Waals surface area contributed by atoms with Gasteiger partial charge in [0, 0.05) is 18.2 Å². The Morgan fingerprint density at radius 3 is 2.69 bits per heavy atom. The molecule has 2 unspecified atom stereocenters. The van der Waals surface area contributed by atoms with Gasteiger partial charge in [0.1, 0.15) is 18.5 Å². The summed E-state index contributed by atoms with van der Waals surface area (Å²) in [6.07, 6.45) is 8.35. The third-order valence-electron chi connectivity index (χ3n) is 5.52. The van der Waals surface area contributed by atoms with Gasteiger partial charge in [0.15, 0.2) is 5.79 Å². The van der Waals surface area contributed by atoms with Crippen molar-refractivity contribution in [2.24, 2.45) is 5.92 Å². The van der Waals surface area contributed by atoms with E-state index in [2.05, 4.69) is 24.4 Å². The molecular formula is C22H35NO3. The van der Waals surface area contributed by atoms with E-state index in [0.29, 0.717) is 19.3 Å². The number of ether oxygens (including phenoxy) is 3. The van der Waals surface area contributed by atoms with Gasteiger partial charge in [-0.2, -0.15) is 0 Å². The van der Waals surface area contributed by atoms with Crippen molar-refractivity contribution in [3.8, 4) is 5.75 Å². The van der Waals surface area contributed by atoms with Crippen LogP contribution in [0.2, 0.25) is 0 Å². The summed E-state index contributed by atoms with van der Waals surface area (Å²) in [5.41, 5.74) is 1.21. The van der Waals surface area contributed by atoms with Crippen LogP contribution < -0.4 is 10.1 Å². The fourth-order valence-electron chi connectivity index (χ4n) is 4.11. The van der Waals surface area contributed by atoms with Gasteiger partial charge in [-0.3, -0.25) is 0 Å². The molecule has 1 heterocycles. The van der Waals surface area contributed by atoms with Crippen LogP contribution in [-0.2, 0) is 16.0 Å². The summed E-state index contributed by atoms with van der Waals surface area (Å²) in [5, 5.41) is 3.69. The Labute approximate surface area is 158 Å². The van der Waals surface area contributed by atoms with Crippen LogP contribution in [0.3, 0.4) is 0 Å². The first-order chi connectivity index (χ1) is 12.5.